The molecule has 0 aromatic carbocycles. The number of nitrogens with zero attached hydrogens (tertiary/aromatic N) is 5. The van der Waals surface area contributed by atoms with Gasteiger partial charge in [0.25, 0.3) is 5.56 Å². The predicted octanol–water partition coefficient (Wildman–Crippen LogP) is 1.73. The summed E-state index contributed by atoms with van der Waals surface area (Å²) in [6.45, 7) is 5.58. The molecule has 0 spiro atoms. The highest BCUT2D eigenvalue weighted by Gasteiger charge is 2.15. The van der Waals surface area contributed by atoms with Crippen LogP contribution in [0.2, 0.25) is 0 Å². The van der Waals surface area contributed by atoms with E-state index < -0.39 is 0 Å². The van der Waals surface area contributed by atoms with Crippen molar-refractivity contribution >= 4 is 51.7 Å². The minimum Gasteiger partial charge on any atom is -0.300 e. The first kappa shape index (κ1) is 17.9. The molecule has 1 amide bonds. The molecule has 0 aliphatic heterocycles. The van der Waals surface area contributed by atoms with Gasteiger partial charge in [0.15, 0.2) is 9.50 Å². The fourth-order valence-corrected chi connectivity index (χ4v) is 4.45. The Balaban J connectivity index is 1.69. The number of thioether (sulfide) groups is 2. The lowest BCUT2D eigenvalue weighted by atomic mass is 10.3. The Morgan fingerprint density at radius 3 is 2.80 bits per heavy atom. The van der Waals surface area contributed by atoms with Crippen molar-refractivity contribution in [3.05, 3.63) is 21.6 Å². The molecule has 3 rings (SSSR count). The molecule has 0 unspecified atom stereocenters. The largest absolute Gasteiger partial charge is 0.300 e. The second-order valence-electron chi connectivity index (χ2n) is 4.95. The van der Waals surface area contributed by atoms with Crippen LogP contribution in [0.3, 0.4) is 0 Å². The van der Waals surface area contributed by atoms with Crippen molar-refractivity contribution in [3.63, 3.8) is 0 Å². The lowest BCUT2D eigenvalue weighted by Gasteiger charge is -2.05. The average Bonchev–Trinajstić information content (AvgIpc) is 3.18. The van der Waals surface area contributed by atoms with Crippen LogP contribution in [0.5, 0.6) is 0 Å². The molecule has 0 aliphatic rings. The van der Waals surface area contributed by atoms with Gasteiger partial charge in [0, 0.05) is 11.3 Å². The van der Waals surface area contributed by atoms with Crippen LogP contribution < -0.4 is 10.9 Å². The number of carbonyl (C=O) groups is 1. The van der Waals surface area contributed by atoms with E-state index in [1.54, 1.807) is 23.1 Å². The Bertz CT molecular complexity index is 978. The van der Waals surface area contributed by atoms with Gasteiger partial charge in [0.2, 0.25) is 16.8 Å². The number of hydrogen-bond acceptors (Lipinski definition) is 9. The number of hydrogen-bond donors (Lipinski definition) is 2. The topological polar surface area (TPSA) is 118 Å². The number of aromatic nitrogens is 6. The third-order valence-corrected chi connectivity index (χ3v) is 6.11. The maximum atomic E-state index is 12.1. The number of aryl methyl sites for hydroxylation is 1. The van der Waals surface area contributed by atoms with Crippen LogP contribution >= 0.6 is 34.9 Å². The molecule has 9 nitrogen and oxygen atoms in total. The Morgan fingerprint density at radius 1 is 1.24 bits per heavy atom. The van der Waals surface area contributed by atoms with E-state index >= 15 is 0 Å². The highest BCUT2D eigenvalue weighted by atomic mass is 32.2. The monoisotopic (exact) mass is 397 g/mol. The summed E-state index contributed by atoms with van der Waals surface area (Å²) in [7, 11) is 0. The molecule has 3 aromatic heterocycles. The van der Waals surface area contributed by atoms with E-state index in [-0.39, 0.29) is 17.2 Å². The van der Waals surface area contributed by atoms with Gasteiger partial charge in [0.05, 0.1) is 5.75 Å². The normalized spacial score (nSPS) is 11.2. The zero-order valence-corrected chi connectivity index (χ0v) is 16.1. The summed E-state index contributed by atoms with van der Waals surface area (Å²) in [5.74, 6) is 1.21. The number of H-pyrrole nitrogens is 1. The number of rotatable bonds is 6. The third kappa shape index (κ3) is 3.85. The first-order chi connectivity index (χ1) is 12.0. The third-order valence-electron chi connectivity index (χ3n) is 3.33. The SMILES string of the molecule is CCSc1nnc(NC(=O)CSc2nnc3[nH]c(=O)c(C)c(C)n23)s1. The fourth-order valence-electron chi connectivity index (χ4n) is 2.00. The van der Waals surface area contributed by atoms with E-state index in [1.165, 1.54) is 23.1 Å². The number of amides is 1. The van der Waals surface area contributed by atoms with E-state index in [1.807, 2.05) is 13.8 Å². The summed E-state index contributed by atoms with van der Waals surface area (Å²) in [6.07, 6.45) is 0. The summed E-state index contributed by atoms with van der Waals surface area (Å²) >= 11 is 4.16. The van der Waals surface area contributed by atoms with Crippen molar-refractivity contribution in [1.29, 1.82) is 0 Å². The Morgan fingerprint density at radius 2 is 2.04 bits per heavy atom. The number of anilines is 1. The van der Waals surface area contributed by atoms with Gasteiger partial charge in [-0.05, 0) is 19.6 Å². The summed E-state index contributed by atoms with van der Waals surface area (Å²) in [5.41, 5.74) is 1.15. The Hall–Kier alpha value is -1.92. The molecule has 132 valence electrons. The standard InChI is InChI=1S/C13H15N7O2S3/c1-4-23-13-19-17-11(25-13)14-8(21)5-24-12-18-16-10-15-9(22)6(2)7(3)20(10)12/h4-5H2,1-3H3,(H,14,17,21)(H,15,16,22). The molecular formula is C13H15N7O2S3. The van der Waals surface area contributed by atoms with Crippen molar-refractivity contribution in [2.45, 2.75) is 30.3 Å². The van der Waals surface area contributed by atoms with Crippen LogP contribution in [0.4, 0.5) is 5.13 Å². The highest BCUT2D eigenvalue weighted by molar-refractivity contribution is 8.01. The van der Waals surface area contributed by atoms with Crippen LogP contribution in [0, 0.1) is 13.8 Å². The van der Waals surface area contributed by atoms with Crippen LogP contribution in [-0.2, 0) is 4.79 Å². The molecule has 0 fully saturated rings. The summed E-state index contributed by atoms with van der Waals surface area (Å²) < 4.78 is 2.55. The number of carbonyl (C=O) groups excluding carboxylic acids is 1. The second-order valence-corrected chi connectivity index (χ2v) is 8.38. The van der Waals surface area contributed by atoms with Gasteiger partial charge >= 0.3 is 0 Å². The number of fused-ring (bicyclic) bond motifs is 1. The number of nitrogens with one attached hydrogen (secondary N) is 2. The minimum absolute atomic E-state index is 0.147. The maximum absolute atomic E-state index is 12.1. The van der Waals surface area contributed by atoms with Crippen molar-refractivity contribution < 1.29 is 4.79 Å². The van der Waals surface area contributed by atoms with Crippen LogP contribution in [0.15, 0.2) is 14.3 Å². The van der Waals surface area contributed by atoms with Gasteiger partial charge in [-0.3, -0.25) is 24.3 Å². The molecular weight excluding hydrogens is 382 g/mol. The van der Waals surface area contributed by atoms with E-state index in [2.05, 4.69) is 30.7 Å². The first-order valence-corrected chi connectivity index (χ1v) is 10.1. The molecule has 2 N–H and O–H groups in total. The zero-order chi connectivity index (χ0) is 18.0. The summed E-state index contributed by atoms with van der Waals surface area (Å²) in [4.78, 5) is 26.5. The van der Waals surface area contributed by atoms with Gasteiger partial charge < -0.3 is 0 Å². The second kappa shape index (κ2) is 7.54. The molecule has 25 heavy (non-hydrogen) atoms. The lowest BCUT2D eigenvalue weighted by molar-refractivity contribution is -0.113. The van der Waals surface area contributed by atoms with Gasteiger partial charge in [-0.15, -0.1) is 20.4 Å². The molecule has 12 heteroatoms. The van der Waals surface area contributed by atoms with Crippen molar-refractivity contribution in [2.24, 2.45) is 0 Å². The van der Waals surface area contributed by atoms with E-state index in [4.69, 9.17) is 0 Å². The van der Waals surface area contributed by atoms with Crippen LogP contribution in [0.1, 0.15) is 18.2 Å². The molecule has 0 saturated heterocycles. The first-order valence-electron chi connectivity index (χ1n) is 7.33. The van der Waals surface area contributed by atoms with Gasteiger partial charge in [0.1, 0.15) is 0 Å². The molecule has 3 aromatic rings. The van der Waals surface area contributed by atoms with Gasteiger partial charge in [-0.25, -0.2) is 0 Å². The fraction of sp³-hybridized carbons (Fsp3) is 0.385. The van der Waals surface area contributed by atoms with Gasteiger partial charge in [-0.2, -0.15) is 0 Å². The lowest BCUT2D eigenvalue weighted by Crippen LogP contribution is -2.16. The molecule has 0 radical (unpaired) electrons. The predicted molar refractivity (Wildman–Crippen MR) is 98.7 cm³/mol. The highest BCUT2D eigenvalue weighted by Crippen LogP contribution is 2.25. The molecule has 0 bridgehead atoms. The summed E-state index contributed by atoms with van der Waals surface area (Å²) in [6, 6.07) is 0. The molecule has 0 atom stereocenters. The van der Waals surface area contributed by atoms with E-state index in [0.717, 1.165) is 15.8 Å². The smallest absolute Gasteiger partial charge is 0.255 e. The Kier molecular flexibility index (Phi) is 5.39. The number of aromatic amines is 1. The van der Waals surface area contributed by atoms with Crippen molar-refractivity contribution in [3.8, 4) is 0 Å². The Labute approximate surface area is 155 Å². The molecule has 0 aliphatic carbocycles. The average molecular weight is 398 g/mol. The van der Waals surface area contributed by atoms with E-state index in [9.17, 15) is 9.59 Å². The summed E-state index contributed by atoms with van der Waals surface area (Å²) in [5, 5.41) is 19.7. The minimum atomic E-state index is -0.204. The van der Waals surface area contributed by atoms with Gasteiger partial charge in [-0.1, -0.05) is 41.8 Å². The van der Waals surface area contributed by atoms with Crippen molar-refractivity contribution in [1.82, 2.24) is 29.8 Å². The molecule has 0 saturated carbocycles. The van der Waals surface area contributed by atoms with Crippen LogP contribution in [-0.4, -0.2) is 47.2 Å². The molecule has 3 heterocycles. The van der Waals surface area contributed by atoms with Crippen LogP contribution in [0.25, 0.3) is 5.78 Å². The van der Waals surface area contributed by atoms with E-state index in [0.29, 0.717) is 21.6 Å². The maximum Gasteiger partial charge on any atom is 0.255 e. The zero-order valence-electron chi connectivity index (χ0n) is 13.7. The quantitative estimate of drug-likeness (QED) is 0.477. The van der Waals surface area contributed by atoms with Crippen molar-refractivity contribution in [2.75, 3.05) is 16.8 Å².